The first-order valence-electron chi connectivity index (χ1n) is 10.2. The van der Waals surface area contributed by atoms with Crippen LogP contribution in [0, 0.1) is 0 Å². The molecule has 0 bridgehead atoms. The molecule has 4 rings (SSSR count). The first-order chi connectivity index (χ1) is 16.2. The number of hydrogen-bond acceptors (Lipinski definition) is 6. The molecule has 0 aromatic heterocycles. The number of alkyl halides is 2. The van der Waals surface area contributed by atoms with Gasteiger partial charge in [0.05, 0.1) is 12.0 Å². The standard InChI is InChI=1S/C24H21F2NO6S/c1-31-23-21(33-24(25)26)12-10-19(16-3-2-4-18-17(16)9-11-20(18)28)22(23)32-13-14-5-7-15(8-6-14)34(27,29)30/h2-8,10,12,24H,9,11,13H2,1H3,(H2,27,29,30). The Morgan fingerprint density at radius 3 is 2.29 bits per heavy atom. The molecule has 0 heterocycles. The molecule has 0 radical (unpaired) electrons. The van der Waals surface area contributed by atoms with Gasteiger partial charge in [0.15, 0.2) is 17.3 Å². The van der Waals surface area contributed by atoms with Gasteiger partial charge in [0.1, 0.15) is 6.61 Å². The summed E-state index contributed by atoms with van der Waals surface area (Å²) in [6, 6.07) is 14.0. The van der Waals surface area contributed by atoms with Crippen LogP contribution < -0.4 is 19.3 Å². The zero-order chi connectivity index (χ0) is 24.5. The molecule has 0 amide bonds. The summed E-state index contributed by atoms with van der Waals surface area (Å²) in [5, 5.41) is 5.13. The van der Waals surface area contributed by atoms with Crippen LogP contribution in [-0.4, -0.2) is 27.9 Å². The lowest BCUT2D eigenvalue weighted by Gasteiger charge is -2.20. The highest BCUT2D eigenvalue weighted by Gasteiger charge is 2.26. The minimum absolute atomic E-state index is 0.0270. The maximum atomic E-state index is 13.0. The van der Waals surface area contributed by atoms with E-state index in [9.17, 15) is 22.0 Å². The number of carbonyl (C=O) groups is 1. The van der Waals surface area contributed by atoms with Crippen LogP contribution in [0.25, 0.3) is 11.1 Å². The van der Waals surface area contributed by atoms with E-state index in [4.69, 9.17) is 14.6 Å². The number of primary sulfonamides is 1. The summed E-state index contributed by atoms with van der Waals surface area (Å²) in [6.07, 6.45) is 0.944. The van der Waals surface area contributed by atoms with Gasteiger partial charge in [-0.05, 0) is 47.4 Å². The Balaban J connectivity index is 1.77. The van der Waals surface area contributed by atoms with Crippen molar-refractivity contribution < 1.29 is 36.2 Å². The van der Waals surface area contributed by atoms with E-state index in [0.717, 1.165) is 11.1 Å². The van der Waals surface area contributed by atoms with E-state index < -0.39 is 16.6 Å². The third kappa shape index (κ3) is 4.73. The zero-order valence-corrected chi connectivity index (χ0v) is 18.9. The number of fused-ring (bicyclic) bond motifs is 1. The number of Topliss-reactive ketones (excluding diaryl/α,β-unsaturated/α-hetero) is 1. The fourth-order valence-electron chi connectivity index (χ4n) is 3.96. The van der Waals surface area contributed by atoms with Gasteiger partial charge in [-0.3, -0.25) is 4.79 Å². The summed E-state index contributed by atoms with van der Waals surface area (Å²) in [4.78, 5) is 12.2. The second-order valence-corrected chi connectivity index (χ2v) is 9.15. The van der Waals surface area contributed by atoms with Crippen molar-refractivity contribution in [3.05, 3.63) is 71.3 Å². The third-order valence-electron chi connectivity index (χ3n) is 5.50. The molecule has 1 aliphatic carbocycles. The summed E-state index contributed by atoms with van der Waals surface area (Å²) >= 11 is 0. The molecular formula is C24H21F2NO6S. The fourth-order valence-corrected chi connectivity index (χ4v) is 4.47. The minimum atomic E-state index is -3.84. The second kappa shape index (κ2) is 9.40. The number of hydrogen-bond donors (Lipinski definition) is 1. The number of carbonyl (C=O) groups excluding carboxylic acids is 1. The lowest BCUT2D eigenvalue weighted by Crippen LogP contribution is -2.12. The Labute approximate surface area is 195 Å². The van der Waals surface area contributed by atoms with Crippen molar-refractivity contribution >= 4 is 15.8 Å². The van der Waals surface area contributed by atoms with Crippen LogP contribution in [0.4, 0.5) is 8.78 Å². The highest BCUT2D eigenvalue weighted by molar-refractivity contribution is 7.89. The molecule has 3 aromatic carbocycles. The van der Waals surface area contributed by atoms with Gasteiger partial charge in [-0.15, -0.1) is 0 Å². The highest BCUT2D eigenvalue weighted by Crippen LogP contribution is 2.47. The van der Waals surface area contributed by atoms with Gasteiger partial charge >= 0.3 is 6.61 Å². The average molecular weight is 489 g/mol. The van der Waals surface area contributed by atoms with E-state index in [1.54, 1.807) is 18.2 Å². The van der Waals surface area contributed by atoms with Gasteiger partial charge in [-0.2, -0.15) is 8.78 Å². The Morgan fingerprint density at radius 1 is 0.941 bits per heavy atom. The SMILES string of the molecule is COc1c(OC(F)F)ccc(-c2cccc3c2CCC3=O)c1OCc1ccc(S(N)(=O)=O)cc1. The fraction of sp³-hybridized carbons (Fsp3) is 0.208. The molecule has 0 saturated heterocycles. The van der Waals surface area contributed by atoms with Gasteiger partial charge in [-0.1, -0.05) is 30.3 Å². The smallest absolute Gasteiger partial charge is 0.387 e. The lowest BCUT2D eigenvalue weighted by molar-refractivity contribution is -0.0513. The predicted octanol–water partition coefficient (Wildman–Crippen LogP) is 4.32. The molecule has 2 N–H and O–H groups in total. The molecular weight excluding hydrogens is 468 g/mol. The van der Waals surface area contributed by atoms with Crippen molar-refractivity contribution in [1.29, 1.82) is 0 Å². The van der Waals surface area contributed by atoms with Crippen LogP contribution in [0.1, 0.15) is 27.9 Å². The molecule has 10 heteroatoms. The average Bonchev–Trinajstić information content (AvgIpc) is 3.18. The van der Waals surface area contributed by atoms with E-state index in [-0.39, 0.29) is 34.5 Å². The highest BCUT2D eigenvalue weighted by atomic mass is 32.2. The Kier molecular flexibility index (Phi) is 6.54. The van der Waals surface area contributed by atoms with Gasteiger partial charge < -0.3 is 14.2 Å². The lowest BCUT2D eigenvalue weighted by atomic mass is 9.95. The van der Waals surface area contributed by atoms with Crippen LogP contribution in [0.2, 0.25) is 0 Å². The maximum absolute atomic E-state index is 13.0. The van der Waals surface area contributed by atoms with Crippen LogP contribution in [0.15, 0.2) is 59.5 Å². The molecule has 0 aliphatic heterocycles. The predicted molar refractivity (Wildman–Crippen MR) is 120 cm³/mol. The van der Waals surface area contributed by atoms with Crippen LogP contribution in [0.5, 0.6) is 17.2 Å². The molecule has 178 valence electrons. The van der Waals surface area contributed by atoms with E-state index >= 15 is 0 Å². The third-order valence-corrected chi connectivity index (χ3v) is 6.43. The zero-order valence-electron chi connectivity index (χ0n) is 18.1. The topological polar surface area (TPSA) is 105 Å². The first kappa shape index (κ1) is 23.7. The maximum Gasteiger partial charge on any atom is 0.387 e. The molecule has 34 heavy (non-hydrogen) atoms. The number of methoxy groups -OCH3 is 1. The summed E-state index contributed by atoms with van der Waals surface area (Å²) in [6.45, 7) is -3.10. The number of nitrogens with two attached hydrogens (primary N) is 1. The molecule has 1 aliphatic rings. The summed E-state index contributed by atoms with van der Waals surface area (Å²) in [5.41, 5.74) is 3.35. The summed E-state index contributed by atoms with van der Waals surface area (Å²) in [5.74, 6) is -0.0341. The normalized spacial score (nSPS) is 13.1. The van der Waals surface area contributed by atoms with Crippen molar-refractivity contribution in [3.63, 3.8) is 0 Å². The number of ether oxygens (including phenoxy) is 3. The van der Waals surface area contributed by atoms with Gasteiger partial charge in [0.25, 0.3) is 0 Å². The van der Waals surface area contributed by atoms with Gasteiger partial charge in [0, 0.05) is 17.5 Å². The number of benzene rings is 3. The number of rotatable bonds is 8. The number of sulfonamides is 1. The van der Waals surface area contributed by atoms with Crippen molar-refractivity contribution in [1.82, 2.24) is 0 Å². The van der Waals surface area contributed by atoms with Crippen molar-refractivity contribution in [2.45, 2.75) is 31.0 Å². The monoisotopic (exact) mass is 489 g/mol. The van der Waals surface area contributed by atoms with E-state index in [0.29, 0.717) is 29.5 Å². The largest absolute Gasteiger partial charge is 0.490 e. The molecule has 0 unspecified atom stereocenters. The Bertz CT molecular complexity index is 1340. The minimum Gasteiger partial charge on any atom is -0.490 e. The number of ketones is 1. The number of halogens is 2. The molecule has 0 saturated carbocycles. The van der Waals surface area contributed by atoms with Crippen LogP contribution >= 0.6 is 0 Å². The van der Waals surface area contributed by atoms with Crippen LogP contribution in [0.3, 0.4) is 0 Å². The van der Waals surface area contributed by atoms with E-state index in [1.807, 2.05) is 6.07 Å². The second-order valence-electron chi connectivity index (χ2n) is 7.58. The summed E-state index contributed by atoms with van der Waals surface area (Å²) in [7, 11) is -2.53. The van der Waals surface area contributed by atoms with Crippen molar-refractivity contribution in [3.8, 4) is 28.4 Å². The molecule has 0 atom stereocenters. The Hall–Kier alpha value is -3.50. The van der Waals surface area contributed by atoms with E-state index in [2.05, 4.69) is 4.74 Å². The molecule has 3 aromatic rings. The Morgan fingerprint density at radius 2 is 1.65 bits per heavy atom. The molecule has 0 fully saturated rings. The van der Waals surface area contributed by atoms with Gasteiger partial charge in [0.2, 0.25) is 15.8 Å². The van der Waals surface area contributed by atoms with E-state index in [1.165, 1.54) is 37.4 Å². The molecule has 7 nitrogen and oxygen atoms in total. The van der Waals surface area contributed by atoms with Crippen molar-refractivity contribution in [2.24, 2.45) is 5.14 Å². The summed E-state index contributed by atoms with van der Waals surface area (Å²) < 4.78 is 64.9. The van der Waals surface area contributed by atoms with Gasteiger partial charge in [-0.25, -0.2) is 13.6 Å². The molecule has 0 spiro atoms. The van der Waals surface area contributed by atoms with Crippen molar-refractivity contribution in [2.75, 3.05) is 7.11 Å². The first-order valence-corrected chi connectivity index (χ1v) is 11.8. The quantitative estimate of drug-likeness (QED) is 0.505. The van der Waals surface area contributed by atoms with Crippen LogP contribution in [-0.2, 0) is 23.1 Å².